The van der Waals surface area contributed by atoms with Crippen LogP contribution in [0.25, 0.3) is 0 Å². The van der Waals surface area contributed by atoms with Gasteiger partial charge in [-0.25, -0.2) is 4.98 Å². The number of rotatable bonds is 4. The number of nitrogens with two attached hydrogens (primary N) is 1. The maximum Gasteiger partial charge on any atom is 0.180 e. The first-order chi connectivity index (χ1) is 7.75. The third-order valence-electron chi connectivity index (χ3n) is 2.45. The molecule has 0 aliphatic heterocycles. The third kappa shape index (κ3) is 2.81. The monoisotopic (exact) mass is 233 g/mol. The smallest absolute Gasteiger partial charge is 0.180 e. The van der Waals surface area contributed by atoms with E-state index in [1.165, 1.54) is 27.3 Å². The summed E-state index contributed by atoms with van der Waals surface area (Å²) in [5.74, 6) is 0. The predicted octanol–water partition coefficient (Wildman–Crippen LogP) is 2.32. The number of thiazole rings is 1. The second-order valence-corrected chi connectivity index (χ2v) is 4.84. The molecular formula is C12H15N3S. The molecule has 1 aromatic carbocycles. The molecular weight excluding hydrogens is 218 g/mol. The number of hydrogen-bond donors (Lipinski definition) is 2. The summed E-state index contributed by atoms with van der Waals surface area (Å²) in [7, 11) is 0. The Morgan fingerprint density at radius 1 is 1.31 bits per heavy atom. The second-order valence-electron chi connectivity index (χ2n) is 3.69. The Kier molecular flexibility index (Phi) is 3.54. The molecule has 0 aliphatic carbocycles. The van der Waals surface area contributed by atoms with E-state index < -0.39 is 0 Å². The molecule has 0 amide bonds. The predicted molar refractivity (Wildman–Crippen MR) is 68.2 cm³/mol. The van der Waals surface area contributed by atoms with Gasteiger partial charge in [-0.2, -0.15) is 0 Å². The fourth-order valence-electron chi connectivity index (χ4n) is 1.53. The van der Waals surface area contributed by atoms with E-state index in [2.05, 4.69) is 41.5 Å². The van der Waals surface area contributed by atoms with E-state index in [0.29, 0.717) is 5.13 Å². The highest BCUT2D eigenvalue weighted by Gasteiger charge is 1.99. The van der Waals surface area contributed by atoms with Gasteiger partial charge in [0.25, 0.3) is 0 Å². The van der Waals surface area contributed by atoms with Crippen molar-refractivity contribution >= 4 is 16.5 Å². The molecule has 4 heteroatoms. The van der Waals surface area contributed by atoms with Gasteiger partial charge in [0, 0.05) is 24.2 Å². The Bertz CT molecular complexity index is 465. The summed E-state index contributed by atoms with van der Waals surface area (Å²) in [5, 5.41) is 4.02. The van der Waals surface area contributed by atoms with Gasteiger partial charge in [0.2, 0.25) is 0 Å². The number of aryl methyl sites for hydroxylation is 1. The fraction of sp³-hybridized carbons (Fsp3) is 0.250. The van der Waals surface area contributed by atoms with Gasteiger partial charge in [-0.3, -0.25) is 0 Å². The van der Waals surface area contributed by atoms with Gasteiger partial charge in [-0.1, -0.05) is 24.3 Å². The minimum Gasteiger partial charge on any atom is -0.375 e. The molecule has 0 saturated carbocycles. The minimum absolute atomic E-state index is 0.632. The topological polar surface area (TPSA) is 50.9 Å². The number of nitrogen functional groups attached to an aromatic ring is 1. The number of nitrogens with one attached hydrogen (secondary N) is 1. The zero-order chi connectivity index (χ0) is 11.4. The Morgan fingerprint density at radius 2 is 2.12 bits per heavy atom. The first-order valence-corrected chi connectivity index (χ1v) is 6.03. The molecule has 3 N–H and O–H groups in total. The zero-order valence-electron chi connectivity index (χ0n) is 9.23. The molecule has 1 aromatic heterocycles. The van der Waals surface area contributed by atoms with Crippen molar-refractivity contribution in [2.45, 2.75) is 20.0 Å². The molecule has 3 nitrogen and oxygen atoms in total. The van der Waals surface area contributed by atoms with E-state index in [9.17, 15) is 0 Å². The normalized spacial score (nSPS) is 10.6. The van der Waals surface area contributed by atoms with Gasteiger partial charge in [0.05, 0.1) is 0 Å². The summed E-state index contributed by atoms with van der Waals surface area (Å²) < 4.78 is 0. The summed E-state index contributed by atoms with van der Waals surface area (Å²) in [4.78, 5) is 5.19. The first kappa shape index (κ1) is 11.1. The van der Waals surface area contributed by atoms with Crippen molar-refractivity contribution in [2.75, 3.05) is 5.73 Å². The van der Waals surface area contributed by atoms with E-state index >= 15 is 0 Å². The van der Waals surface area contributed by atoms with E-state index in [-0.39, 0.29) is 0 Å². The quantitative estimate of drug-likeness (QED) is 0.852. The van der Waals surface area contributed by atoms with Crippen LogP contribution in [-0.2, 0) is 13.1 Å². The van der Waals surface area contributed by atoms with Gasteiger partial charge < -0.3 is 11.1 Å². The fourth-order valence-corrected chi connectivity index (χ4v) is 2.19. The highest BCUT2D eigenvalue weighted by molar-refractivity contribution is 7.15. The average molecular weight is 233 g/mol. The van der Waals surface area contributed by atoms with Crippen LogP contribution < -0.4 is 11.1 Å². The first-order valence-electron chi connectivity index (χ1n) is 5.21. The Balaban J connectivity index is 1.87. The second kappa shape index (κ2) is 5.09. The van der Waals surface area contributed by atoms with Crippen LogP contribution in [0.5, 0.6) is 0 Å². The van der Waals surface area contributed by atoms with Crippen molar-refractivity contribution in [3.8, 4) is 0 Å². The van der Waals surface area contributed by atoms with Crippen LogP contribution in [0.1, 0.15) is 16.0 Å². The maximum absolute atomic E-state index is 5.57. The molecule has 0 unspecified atom stereocenters. The van der Waals surface area contributed by atoms with E-state index in [1.807, 2.05) is 6.20 Å². The number of anilines is 1. The van der Waals surface area contributed by atoms with Crippen LogP contribution in [-0.4, -0.2) is 4.98 Å². The molecule has 84 valence electrons. The van der Waals surface area contributed by atoms with Crippen molar-refractivity contribution in [3.63, 3.8) is 0 Å². The summed E-state index contributed by atoms with van der Waals surface area (Å²) in [6.07, 6.45) is 1.82. The summed E-state index contributed by atoms with van der Waals surface area (Å²) in [5.41, 5.74) is 8.22. The number of nitrogens with zero attached hydrogens (tertiary/aromatic N) is 1. The van der Waals surface area contributed by atoms with Crippen molar-refractivity contribution < 1.29 is 0 Å². The lowest BCUT2D eigenvalue weighted by atomic mass is 10.1. The largest absolute Gasteiger partial charge is 0.375 e. The van der Waals surface area contributed by atoms with Crippen LogP contribution in [0.2, 0.25) is 0 Å². The summed E-state index contributed by atoms with van der Waals surface area (Å²) >= 11 is 1.53. The Hall–Kier alpha value is -1.39. The molecule has 2 rings (SSSR count). The molecule has 0 atom stereocenters. The van der Waals surface area contributed by atoms with Crippen molar-refractivity contribution in [1.82, 2.24) is 10.3 Å². The number of aromatic nitrogens is 1. The zero-order valence-corrected chi connectivity index (χ0v) is 10.1. The van der Waals surface area contributed by atoms with Crippen molar-refractivity contribution in [3.05, 3.63) is 46.5 Å². The molecule has 0 saturated heterocycles. The van der Waals surface area contributed by atoms with Gasteiger partial charge in [-0.05, 0) is 18.1 Å². The Labute approximate surface area is 99.3 Å². The lowest BCUT2D eigenvalue weighted by Gasteiger charge is -2.06. The van der Waals surface area contributed by atoms with Gasteiger partial charge >= 0.3 is 0 Å². The highest BCUT2D eigenvalue weighted by atomic mass is 32.1. The molecule has 0 fully saturated rings. The molecule has 0 bridgehead atoms. The van der Waals surface area contributed by atoms with Gasteiger partial charge in [-0.15, -0.1) is 11.3 Å². The van der Waals surface area contributed by atoms with Crippen LogP contribution in [0.4, 0.5) is 5.13 Å². The minimum atomic E-state index is 0.632. The van der Waals surface area contributed by atoms with E-state index in [0.717, 1.165) is 13.1 Å². The lowest BCUT2D eigenvalue weighted by molar-refractivity contribution is 0.697. The third-order valence-corrected chi connectivity index (χ3v) is 3.27. The molecule has 0 aliphatic rings. The molecule has 2 aromatic rings. The van der Waals surface area contributed by atoms with E-state index in [4.69, 9.17) is 5.73 Å². The molecule has 1 heterocycles. The van der Waals surface area contributed by atoms with Gasteiger partial charge in [0.15, 0.2) is 5.13 Å². The Morgan fingerprint density at radius 3 is 2.81 bits per heavy atom. The molecule has 16 heavy (non-hydrogen) atoms. The standard InChI is InChI=1S/C12H15N3S/c1-9-4-2-3-5-10(9)6-14-7-11-8-15-12(13)16-11/h2-5,8,14H,6-7H2,1H3,(H2,13,15). The lowest BCUT2D eigenvalue weighted by Crippen LogP contribution is -2.12. The number of benzene rings is 1. The summed E-state index contributed by atoms with van der Waals surface area (Å²) in [6, 6.07) is 8.39. The molecule has 0 radical (unpaired) electrons. The van der Waals surface area contributed by atoms with Crippen LogP contribution >= 0.6 is 11.3 Å². The average Bonchev–Trinajstić information content (AvgIpc) is 2.67. The van der Waals surface area contributed by atoms with Crippen LogP contribution in [0.3, 0.4) is 0 Å². The van der Waals surface area contributed by atoms with Crippen LogP contribution in [0.15, 0.2) is 30.5 Å². The van der Waals surface area contributed by atoms with E-state index in [1.54, 1.807) is 0 Å². The van der Waals surface area contributed by atoms with Crippen molar-refractivity contribution in [1.29, 1.82) is 0 Å². The molecule has 0 spiro atoms. The van der Waals surface area contributed by atoms with Crippen molar-refractivity contribution in [2.24, 2.45) is 0 Å². The SMILES string of the molecule is Cc1ccccc1CNCc1cnc(N)s1. The number of hydrogen-bond acceptors (Lipinski definition) is 4. The van der Waals surface area contributed by atoms with Crippen LogP contribution in [0, 0.1) is 6.92 Å². The maximum atomic E-state index is 5.57. The summed E-state index contributed by atoms with van der Waals surface area (Å²) in [6.45, 7) is 3.83. The van der Waals surface area contributed by atoms with Gasteiger partial charge in [0.1, 0.15) is 0 Å². The highest BCUT2D eigenvalue weighted by Crippen LogP contribution is 2.14.